The number of hydrogen-bond donors (Lipinski definition) is 1. The van der Waals surface area contributed by atoms with Crippen molar-refractivity contribution in [3.8, 4) is 0 Å². The fourth-order valence-corrected chi connectivity index (χ4v) is 1.38. The molecule has 0 aromatic rings. The number of azide groups is 1. The van der Waals surface area contributed by atoms with E-state index in [1.165, 1.54) is 0 Å². The molecule has 0 spiro atoms. The number of esters is 1. The van der Waals surface area contributed by atoms with Crippen LogP contribution in [0.4, 0.5) is 0 Å². The van der Waals surface area contributed by atoms with Crippen LogP contribution >= 0.6 is 34.8 Å². The Bertz CT molecular complexity index is 377. The number of hydrogen-bond acceptors (Lipinski definition) is 5. The van der Waals surface area contributed by atoms with Crippen LogP contribution in [0.15, 0.2) is 5.11 Å². The summed E-state index contributed by atoms with van der Waals surface area (Å²) in [5.74, 6) is -0.716. The van der Waals surface area contributed by atoms with E-state index >= 15 is 0 Å². The molecule has 0 radical (unpaired) electrons. The van der Waals surface area contributed by atoms with E-state index in [0.717, 1.165) is 0 Å². The average Bonchev–Trinajstić information content (AvgIpc) is 2.57. The highest BCUT2D eigenvalue weighted by Crippen LogP contribution is 2.37. The van der Waals surface area contributed by atoms with Crippen molar-refractivity contribution >= 4 is 46.5 Å². The summed E-state index contributed by atoms with van der Waals surface area (Å²) in [5.41, 5.74) is 8.09. The van der Waals surface area contributed by atoms with E-state index < -0.39 is 22.2 Å². The first kappa shape index (κ1) is 14.3. The fourth-order valence-electron chi connectivity index (χ4n) is 1.09. The maximum Gasteiger partial charge on any atom is 0.338 e. The Morgan fingerprint density at radius 3 is 2.71 bits per heavy atom. The molecular weight excluding hydrogens is 294 g/mol. The van der Waals surface area contributed by atoms with Gasteiger partial charge in [0.2, 0.25) is 0 Å². The largest absolute Gasteiger partial charge is 0.429 e. The normalized spacial score (nSPS) is 24.1. The molecule has 1 heterocycles. The van der Waals surface area contributed by atoms with Gasteiger partial charge in [-0.25, -0.2) is 4.79 Å². The highest BCUT2D eigenvalue weighted by molar-refractivity contribution is 6.68. The van der Waals surface area contributed by atoms with Crippen molar-refractivity contribution in [1.29, 1.82) is 5.41 Å². The first-order valence-corrected chi connectivity index (χ1v) is 5.48. The molecule has 1 rings (SSSR count). The summed E-state index contributed by atoms with van der Waals surface area (Å²) in [6.07, 6.45) is -2.39. The van der Waals surface area contributed by atoms with Crippen LogP contribution in [0.1, 0.15) is 6.42 Å². The molecule has 1 aliphatic heterocycles. The van der Waals surface area contributed by atoms with Crippen LogP contribution in [-0.4, -0.2) is 34.4 Å². The topological polar surface area (TPSA) is 108 Å². The van der Waals surface area contributed by atoms with E-state index in [1.807, 2.05) is 0 Å². The molecule has 0 unspecified atom stereocenters. The summed E-state index contributed by atoms with van der Waals surface area (Å²) in [5, 5.41) is 10.6. The van der Waals surface area contributed by atoms with Crippen LogP contribution in [0.3, 0.4) is 0 Å². The smallest absolute Gasteiger partial charge is 0.338 e. The standard InChI is InChI=1S/C7H7Cl3N4O3/c8-7(9,10)6-16-4(5(15)17-6)1-3(11)2-13-14-12/h4,6,11H,1-2H2/t4-,6+/m0/s1. The van der Waals surface area contributed by atoms with Gasteiger partial charge in [0.1, 0.15) is 0 Å². The number of rotatable bonds is 4. The van der Waals surface area contributed by atoms with E-state index in [2.05, 4.69) is 14.8 Å². The zero-order valence-corrected chi connectivity index (χ0v) is 10.5. The summed E-state index contributed by atoms with van der Waals surface area (Å²) in [6, 6.07) is 0. The molecule has 0 saturated carbocycles. The van der Waals surface area contributed by atoms with E-state index in [1.54, 1.807) is 0 Å². The van der Waals surface area contributed by atoms with Crippen LogP contribution in [0.25, 0.3) is 10.4 Å². The Balaban J connectivity index is 2.54. The van der Waals surface area contributed by atoms with Crippen molar-refractivity contribution in [3.63, 3.8) is 0 Å². The third kappa shape index (κ3) is 4.22. The van der Waals surface area contributed by atoms with Crippen LogP contribution in [0, 0.1) is 5.41 Å². The highest BCUT2D eigenvalue weighted by atomic mass is 35.6. The molecule has 0 aliphatic carbocycles. The van der Waals surface area contributed by atoms with Gasteiger partial charge < -0.3 is 14.9 Å². The van der Waals surface area contributed by atoms with E-state index in [-0.39, 0.29) is 18.7 Å². The van der Waals surface area contributed by atoms with Gasteiger partial charge in [-0.15, -0.1) is 0 Å². The lowest BCUT2D eigenvalue weighted by Gasteiger charge is -2.16. The predicted octanol–water partition coefficient (Wildman–Crippen LogP) is 2.34. The molecule has 1 saturated heterocycles. The van der Waals surface area contributed by atoms with Gasteiger partial charge in [0, 0.05) is 17.0 Å². The number of carbonyl (C=O) groups excluding carboxylic acids is 1. The minimum atomic E-state index is -1.88. The van der Waals surface area contributed by atoms with Gasteiger partial charge in [-0.2, -0.15) is 0 Å². The van der Waals surface area contributed by atoms with E-state index in [0.29, 0.717) is 0 Å². The highest BCUT2D eigenvalue weighted by Gasteiger charge is 2.46. The molecule has 1 fully saturated rings. The van der Waals surface area contributed by atoms with Crippen molar-refractivity contribution in [1.82, 2.24) is 0 Å². The fraction of sp³-hybridized carbons (Fsp3) is 0.714. The second kappa shape index (κ2) is 5.75. The number of nitrogens with one attached hydrogen (secondary N) is 1. The first-order chi connectivity index (χ1) is 7.84. The van der Waals surface area contributed by atoms with Gasteiger partial charge in [0.25, 0.3) is 10.1 Å². The van der Waals surface area contributed by atoms with Gasteiger partial charge in [-0.1, -0.05) is 39.9 Å². The lowest BCUT2D eigenvalue weighted by atomic mass is 10.2. The van der Waals surface area contributed by atoms with Gasteiger partial charge in [0.05, 0.1) is 6.54 Å². The molecule has 1 aliphatic rings. The Hall–Kier alpha value is -0.720. The molecule has 0 bridgehead atoms. The number of nitrogens with zero attached hydrogens (tertiary/aromatic N) is 3. The third-order valence-electron chi connectivity index (χ3n) is 1.80. The Kier molecular flexibility index (Phi) is 4.85. The van der Waals surface area contributed by atoms with Gasteiger partial charge in [0.15, 0.2) is 6.10 Å². The summed E-state index contributed by atoms with van der Waals surface area (Å²) in [6.45, 7) is -0.151. The zero-order valence-electron chi connectivity index (χ0n) is 8.27. The number of cyclic esters (lactones) is 1. The van der Waals surface area contributed by atoms with E-state index in [9.17, 15) is 4.79 Å². The molecule has 0 aromatic carbocycles. The van der Waals surface area contributed by atoms with E-state index in [4.69, 9.17) is 50.5 Å². The summed E-state index contributed by atoms with van der Waals surface area (Å²) in [7, 11) is 0. The average molecular weight is 302 g/mol. The molecule has 94 valence electrons. The van der Waals surface area contributed by atoms with Crippen LogP contribution in [0.2, 0.25) is 0 Å². The SMILES string of the molecule is [N-]=[N+]=NCC(=N)C[C@@H]1O[C@@H](C(Cl)(Cl)Cl)OC1=O. The van der Waals surface area contributed by atoms with Crippen LogP contribution in [0.5, 0.6) is 0 Å². The second-order valence-electron chi connectivity index (χ2n) is 3.13. The molecule has 17 heavy (non-hydrogen) atoms. The van der Waals surface area contributed by atoms with Gasteiger partial charge in [-0.05, 0) is 5.53 Å². The van der Waals surface area contributed by atoms with Gasteiger partial charge in [-0.3, -0.25) is 0 Å². The van der Waals surface area contributed by atoms with Crippen LogP contribution < -0.4 is 0 Å². The molecule has 1 N–H and O–H groups in total. The Morgan fingerprint density at radius 2 is 2.24 bits per heavy atom. The van der Waals surface area contributed by atoms with Crippen molar-refractivity contribution in [2.45, 2.75) is 22.6 Å². The number of alkyl halides is 3. The van der Waals surface area contributed by atoms with Crippen molar-refractivity contribution < 1.29 is 14.3 Å². The maximum absolute atomic E-state index is 11.3. The van der Waals surface area contributed by atoms with Crippen molar-refractivity contribution in [2.24, 2.45) is 5.11 Å². The quantitative estimate of drug-likeness (QED) is 0.215. The monoisotopic (exact) mass is 300 g/mol. The molecule has 10 heteroatoms. The third-order valence-corrected chi connectivity index (χ3v) is 2.33. The molecule has 0 amide bonds. The zero-order chi connectivity index (χ0) is 13.1. The maximum atomic E-state index is 11.3. The second-order valence-corrected chi connectivity index (χ2v) is 5.50. The lowest BCUT2D eigenvalue weighted by molar-refractivity contribution is -0.143. The number of halogens is 3. The summed E-state index contributed by atoms with van der Waals surface area (Å²) in [4.78, 5) is 13.8. The minimum absolute atomic E-state index is 0.0229. The van der Waals surface area contributed by atoms with Crippen molar-refractivity contribution in [2.75, 3.05) is 6.54 Å². The Morgan fingerprint density at radius 1 is 1.59 bits per heavy atom. The summed E-state index contributed by atoms with van der Waals surface area (Å²) >= 11 is 16.5. The first-order valence-electron chi connectivity index (χ1n) is 4.34. The number of ether oxygens (including phenoxy) is 2. The molecule has 7 nitrogen and oxygen atoms in total. The summed E-state index contributed by atoms with van der Waals surface area (Å²) < 4.78 is 7.85. The predicted molar refractivity (Wildman–Crippen MR) is 61.4 cm³/mol. The Labute approximate surface area is 111 Å². The molecule has 2 atom stereocenters. The van der Waals surface area contributed by atoms with Gasteiger partial charge >= 0.3 is 5.97 Å². The molecular formula is C7H7Cl3N4O3. The lowest BCUT2D eigenvalue weighted by Crippen LogP contribution is -2.27. The number of carbonyl (C=O) groups is 1. The van der Waals surface area contributed by atoms with Crippen molar-refractivity contribution in [3.05, 3.63) is 10.4 Å². The molecule has 0 aromatic heterocycles. The van der Waals surface area contributed by atoms with Crippen LogP contribution in [-0.2, 0) is 14.3 Å². The minimum Gasteiger partial charge on any atom is -0.429 e.